The fraction of sp³-hybridized carbons (Fsp3) is 0.0714. The van der Waals surface area contributed by atoms with Gasteiger partial charge in [0.05, 0.1) is 29.2 Å². The molecule has 11 rings (SSSR count). The van der Waals surface area contributed by atoms with E-state index in [1.54, 1.807) is 32.4 Å². The van der Waals surface area contributed by atoms with Crippen LogP contribution in [0.3, 0.4) is 0 Å². The predicted molar refractivity (Wildman–Crippen MR) is 257 cm³/mol. The molecular weight excluding hydrogens is 878 g/mol. The number of rotatable bonds is 6. The van der Waals surface area contributed by atoms with E-state index >= 15 is 0 Å². The number of hydrogen-bond donors (Lipinski definition) is 1. The molecular formula is C56H44N4O3Ru. The molecule has 6 aromatic carbocycles. The van der Waals surface area contributed by atoms with Crippen LogP contribution in [0.25, 0.3) is 88.1 Å². The monoisotopic (exact) mass is 922 g/mol. The second-order valence-electron chi connectivity index (χ2n) is 14.9. The van der Waals surface area contributed by atoms with Crippen molar-refractivity contribution >= 4 is 43.6 Å². The van der Waals surface area contributed by atoms with E-state index in [4.69, 9.17) is 9.47 Å². The average molecular weight is 922 g/mol. The van der Waals surface area contributed by atoms with Crippen LogP contribution in [0.1, 0.15) is 0 Å². The molecule has 0 aliphatic heterocycles. The summed E-state index contributed by atoms with van der Waals surface area (Å²) in [6.07, 6.45) is 11.7. The number of allylic oxidation sites excluding steroid dienone is 2. The smallest absolute Gasteiger partial charge is 0.143 e. The number of fused-ring (bicyclic) bond motifs is 6. The molecule has 0 saturated heterocycles. The Morgan fingerprint density at radius 3 is 0.953 bits per heavy atom. The number of hydrogen-bond acceptors (Lipinski definition) is 7. The standard InChI is InChI=1S/2C24H16N2.C8H12O3.Ru/c2*1-3-7-17(8-4-1)19-13-15-25-23-21(19)11-12-22-20(14-16-26-24(22)23)18-9-5-2-6-10-18;1-10-7-5-3-4-6(9)8(7)11-2;/h2*1-16H;3-6,8-9H,1-2H3;. The second-order valence-corrected chi connectivity index (χ2v) is 14.9. The molecule has 7 nitrogen and oxygen atoms in total. The van der Waals surface area contributed by atoms with Gasteiger partial charge in [-0.05, 0) is 74.8 Å². The molecule has 4 heterocycles. The molecule has 4 aromatic heterocycles. The number of aliphatic hydroxyl groups is 1. The minimum Gasteiger partial charge on any atom is -0.498 e. The summed E-state index contributed by atoms with van der Waals surface area (Å²) in [5.41, 5.74) is 13.3. The Hall–Kier alpha value is -7.22. The van der Waals surface area contributed by atoms with Crippen molar-refractivity contribution in [3.63, 3.8) is 0 Å². The van der Waals surface area contributed by atoms with Crippen LogP contribution < -0.4 is 0 Å². The minimum absolute atomic E-state index is 0. The third-order valence-corrected chi connectivity index (χ3v) is 11.2. The third-order valence-electron chi connectivity index (χ3n) is 11.2. The first-order valence-corrected chi connectivity index (χ1v) is 20.8. The quantitative estimate of drug-likeness (QED) is 0.131. The van der Waals surface area contributed by atoms with Gasteiger partial charge in [0, 0.05) is 72.9 Å². The zero-order valence-corrected chi connectivity index (χ0v) is 37.0. The van der Waals surface area contributed by atoms with Gasteiger partial charge in [-0.25, -0.2) is 0 Å². The Labute approximate surface area is 385 Å². The maximum atomic E-state index is 9.34. The molecule has 1 aliphatic rings. The summed E-state index contributed by atoms with van der Waals surface area (Å²) >= 11 is 0. The van der Waals surface area contributed by atoms with Crippen molar-refractivity contribution in [3.05, 3.63) is 219 Å². The van der Waals surface area contributed by atoms with Crippen molar-refractivity contribution in [3.8, 4) is 44.5 Å². The molecule has 0 amide bonds. The number of methoxy groups -OCH3 is 2. The van der Waals surface area contributed by atoms with Crippen LogP contribution >= 0.6 is 0 Å². The van der Waals surface area contributed by atoms with Gasteiger partial charge < -0.3 is 14.6 Å². The normalized spacial score (nSPS) is 14.1. The van der Waals surface area contributed by atoms with Crippen LogP contribution in [0, 0.1) is 0 Å². The number of pyridine rings is 4. The first kappa shape index (κ1) is 43.4. The fourth-order valence-electron chi connectivity index (χ4n) is 8.20. The number of aliphatic hydroxyl groups excluding tert-OH is 1. The molecule has 64 heavy (non-hydrogen) atoms. The minimum atomic E-state index is -0.597. The van der Waals surface area contributed by atoms with Crippen LogP contribution in [-0.4, -0.2) is 51.5 Å². The number of benzene rings is 6. The van der Waals surface area contributed by atoms with Gasteiger partial charge in [-0.2, -0.15) is 0 Å². The molecule has 314 valence electrons. The van der Waals surface area contributed by atoms with Gasteiger partial charge >= 0.3 is 0 Å². The molecule has 0 fully saturated rings. The van der Waals surface area contributed by atoms with E-state index in [-0.39, 0.29) is 25.6 Å². The van der Waals surface area contributed by atoms with Gasteiger partial charge in [0.15, 0.2) is 0 Å². The first-order chi connectivity index (χ1) is 31.1. The fourth-order valence-corrected chi connectivity index (χ4v) is 8.20. The molecule has 0 bridgehead atoms. The Morgan fingerprint density at radius 1 is 0.406 bits per heavy atom. The van der Waals surface area contributed by atoms with Crippen molar-refractivity contribution in [1.29, 1.82) is 0 Å². The number of nitrogens with zero attached hydrogens (tertiary/aromatic N) is 4. The van der Waals surface area contributed by atoms with Crippen LogP contribution in [-0.2, 0) is 29.0 Å². The summed E-state index contributed by atoms with van der Waals surface area (Å²) in [6.45, 7) is 0. The van der Waals surface area contributed by atoms with Crippen molar-refractivity contribution in [1.82, 2.24) is 19.9 Å². The number of ether oxygens (including phenoxy) is 2. The SMILES string of the molecule is COC1=CC=CC(O)C1OC.[Ru].c1ccc(-c2ccnc3c2ccc2c(-c4ccccc4)ccnc23)cc1.c1ccc(-c2ccnc3c2ccc2c(-c4ccccc4)ccnc23)cc1. The second kappa shape index (κ2) is 20.3. The van der Waals surface area contributed by atoms with E-state index in [0.717, 1.165) is 43.6 Å². The van der Waals surface area contributed by atoms with Crippen molar-refractivity contribution in [2.24, 2.45) is 0 Å². The Bertz CT molecular complexity index is 2830. The summed E-state index contributed by atoms with van der Waals surface area (Å²) in [7, 11) is 3.10. The first-order valence-electron chi connectivity index (χ1n) is 20.8. The zero-order valence-electron chi connectivity index (χ0n) is 35.3. The summed E-state index contributed by atoms with van der Waals surface area (Å²) < 4.78 is 10.0. The largest absolute Gasteiger partial charge is 0.498 e. The van der Waals surface area contributed by atoms with E-state index in [9.17, 15) is 5.11 Å². The summed E-state index contributed by atoms with van der Waals surface area (Å²) in [6, 6.07) is 58.7. The summed E-state index contributed by atoms with van der Waals surface area (Å²) in [5.74, 6) is 0.655. The molecule has 2 unspecified atom stereocenters. The maximum absolute atomic E-state index is 9.34. The zero-order chi connectivity index (χ0) is 43.0. The van der Waals surface area contributed by atoms with E-state index in [2.05, 4.69) is 166 Å². The van der Waals surface area contributed by atoms with Crippen LogP contribution in [0.4, 0.5) is 0 Å². The topological polar surface area (TPSA) is 90.2 Å². The molecule has 1 N–H and O–H groups in total. The Balaban J connectivity index is 0.000000141. The van der Waals surface area contributed by atoms with E-state index < -0.39 is 6.10 Å². The molecule has 10 aromatic rings. The molecule has 0 radical (unpaired) electrons. The summed E-state index contributed by atoms with van der Waals surface area (Å²) in [5, 5.41) is 13.9. The van der Waals surface area contributed by atoms with Gasteiger partial charge in [-0.1, -0.05) is 158 Å². The summed E-state index contributed by atoms with van der Waals surface area (Å²) in [4.78, 5) is 18.7. The molecule has 2 atom stereocenters. The van der Waals surface area contributed by atoms with Gasteiger partial charge in [0.2, 0.25) is 0 Å². The maximum Gasteiger partial charge on any atom is 0.143 e. The van der Waals surface area contributed by atoms with Crippen molar-refractivity contribution < 1.29 is 34.1 Å². The van der Waals surface area contributed by atoms with Crippen LogP contribution in [0.15, 0.2) is 219 Å². The van der Waals surface area contributed by atoms with Crippen LogP contribution in [0.2, 0.25) is 0 Å². The van der Waals surface area contributed by atoms with Gasteiger partial charge in [-0.15, -0.1) is 0 Å². The van der Waals surface area contributed by atoms with Crippen molar-refractivity contribution in [2.75, 3.05) is 14.2 Å². The van der Waals surface area contributed by atoms with E-state index in [1.165, 1.54) is 44.5 Å². The van der Waals surface area contributed by atoms with E-state index in [1.807, 2.05) is 49.1 Å². The number of aromatic nitrogens is 4. The third kappa shape index (κ3) is 8.99. The molecule has 1 aliphatic carbocycles. The van der Waals surface area contributed by atoms with Gasteiger partial charge in [0.25, 0.3) is 0 Å². The van der Waals surface area contributed by atoms with Crippen molar-refractivity contribution in [2.45, 2.75) is 12.2 Å². The van der Waals surface area contributed by atoms with Gasteiger partial charge in [-0.3, -0.25) is 19.9 Å². The Kier molecular flexibility index (Phi) is 13.8. The average Bonchev–Trinajstić information content (AvgIpc) is 3.36. The molecule has 0 spiro atoms. The van der Waals surface area contributed by atoms with Gasteiger partial charge in [0.1, 0.15) is 18.0 Å². The molecule has 0 saturated carbocycles. The van der Waals surface area contributed by atoms with E-state index in [0.29, 0.717) is 5.76 Å². The predicted octanol–water partition coefficient (Wildman–Crippen LogP) is 12.7. The Morgan fingerprint density at radius 2 is 0.703 bits per heavy atom. The molecule has 8 heteroatoms. The van der Waals surface area contributed by atoms with Crippen LogP contribution in [0.5, 0.6) is 0 Å².